The van der Waals surface area contributed by atoms with Gasteiger partial charge >= 0.3 is 5.97 Å². The number of hydrogen-bond donors (Lipinski definition) is 3. The molecule has 0 bridgehead atoms. The summed E-state index contributed by atoms with van der Waals surface area (Å²) in [6.45, 7) is 0. The Morgan fingerprint density at radius 2 is 2.07 bits per heavy atom. The Morgan fingerprint density at radius 1 is 1.50 bits per heavy atom. The van der Waals surface area contributed by atoms with Gasteiger partial charge in [0.15, 0.2) is 11.4 Å². The number of aromatic amines is 1. The molecule has 76 valence electrons. The summed E-state index contributed by atoms with van der Waals surface area (Å²) in [6.07, 6.45) is -2.50. The van der Waals surface area contributed by atoms with Gasteiger partial charge in [-0.05, 0) is 0 Å². The van der Waals surface area contributed by atoms with Crippen LogP contribution in [0.1, 0.15) is 22.5 Å². The van der Waals surface area contributed by atoms with Gasteiger partial charge in [-0.15, -0.1) is 0 Å². The first kappa shape index (κ1) is 10.2. The third kappa shape index (κ3) is 1.56. The molecule has 0 aliphatic carbocycles. The van der Waals surface area contributed by atoms with Crippen molar-refractivity contribution in [1.29, 1.82) is 0 Å². The summed E-state index contributed by atoms with van der Waals surface area (Å²) in [5.74, 6) is -2.81. The quantitative estimate of drug-likeness (QED) is 0.663. The van der Waals surface area contributed by atoms with E-state index in [1.807, 2.05) is 4.98 Å². The van der Waals surface area contributed by atoms with Crippen LogP contribution in [0.2, 0.25) is 0 Å². The Kier molecular flexibility index (Phi) is 2.50. The average molecular weight is 205 g/mol. The molecule has 0 saturated heterocycles. The predicted molar refractivity (Wildman–Crippen MR) is 40.6 cm³/mol. The highest BCUT2D eigenvalue weighted by Gasteiger charge is 2.20. The van der Waals surface area contributed by atoms with Crippen LogP contribution in [0.15, 0.2) is 11.0 Å². The van der Waals surface area contributed by atoms with E-state index < -0.39 is 34.8 Å². The van der Waals surface area contributed by atoms with Crippen LogP contribution in [0.5, 0.6) is 5.75 Å². The standard InChI is InChI=1S/C7H5F2NO4/c8-6(9)2-1-10-3(7(13)14)5(12)4(2)11/h1,6,12H,(H,10,11)(H,13,14). The van der Waals surface area contributed by atoms with Crippen molar-refractivity contribution in [2.75, 3.05) is 0 Å². The minimum atomic E-state index is -3.06. The monoisotopic (exact) mass is 205 g/mol. The zero-order chi connectivity index (χ0) is 10.9. The molecule has 1 heterocycles. The fourth-order valence-electron chi connectivity index (χ4n) is 0.859. The number of nitrogens with one attached hydrogen (secondary N) is 1. The molecule has 14 heavy (non-hydrogen) atoms. The summed E-state index contributed by atoms with van der Waals surface area (Å²) in [5, 5.41) is 17.3. The van der Waals surface area contributed by atoms with Crippen molar-refractivity contribution in [3.8, 4) is 5.75 Å². The summed E-state index contributed by atoms with van der Waals surface area (Å²) in [5.41, 5.74) is -3.15. The summed E-state index contributed by atoms with van der Waals surface area (Å²) in [6, 6.07) is 0. The highest BCUT2D eigenvalue weighted by atomic mass is 19.3. The molecule has 1 aromatic heterocycles. The molecule has 0 atom stereocenters. The Labute approximate surface area is 75.6 Å². The first-order valence-corrected chi connectivity index (χ1v) is 3.41. The van der Waals surface area contributed by atoms with Crippen LogP contribution in [0.3, 0.4) is 0 Å². The topological polar surface area (TPSA) is 90.4 Å². The number of aromatic hydroxyl groups is 1. The molecule has 0 aromatic carbocycles. The van der Waals surface area contributed by atoms with Gasteiger partial charge in [0.25, 0.3) is 6.43 Å². The van der Waals surface area contributed by atoms with Crippen molar-refractivity contribution in [1.82, 2.24) is 4.98 Å². The van der Waals surface area contributed by atoms with Gasteiger partial charge in [-0.3, -0.25) is 4.79 Å². The van der Waals surface area contributed by atoms with Crippen LogP contribution in [-0.2, 0) is 0 Å². The minimum absolute atomic E-state index is 0.566. The molecule has 1 rings (SSSR count). The van der Waals surface area contributed by atoms with Gasteiger partial charge in [-0.1, -0.05) is 0 Å². The number of aromatic carboxylic acids is 1. The maximum absolute atomic E-state index is 12.1. The first-order chi connectivity index (χ1) is 6.45. The van der Waals surface area contributed by atoms with Gasteiger partial charge in [0.2, 0.25) is 5.43 Å². The number of carbonyl (C=O) groups is 1. The van der Waals surface area contributed by atoms with Gasteiger partial charge in [0.05, 0.1) is 5.56 Å². The Balaban J connectivity index is 3.42. The normalized spacial score (nSPS) is 10.5. The van der Waals surface area contributed by atoms with E-state index in [0.717, 1.165) is 0 Å². The maximum atomic E-state index is 12.1. The predicted octanol–water partition coefficient (Wildman–Crippen LogP) is 0.716. The molecule has 3 N–H and O–H groups in total. The van der Waals surface area contributed by atoms with E-state index in [9.17, 15) is 18.4 Å². The van der Waals surface area contributed by atoms with Crippen molar-refractivity contribution in [2.24, 2.45) is 0 Å². The number of H-pyrrole nitrogens is 1. The third-order valence-electron chi connectivity index (χ3n) is 1.54. The van der Waals surface area contributed by atoms with E-state index >= 15 is 0 Å². The third-order valence-corrected chi connectivity index (χ3v) is 1.54. The molecule has 1 aromatic rings. The maximum Gasteiger partial charge on any atom is 0.356 e. The second kappa shape index (κ2) is 3.44. The largest absolute Gasteiger partial charge is 0.502 e. The minimum Gasteiger partial charge on any atom is -0.502 e. The second-order valence-electron chi connectivity index (χ2n) is 2.40. The van der Waals surface area contributed by atoms with Gasteiger partial charge in [0, 0.05) is 6.20 Å². The van der Waals surface area contributed by atoms with Crippen molar-refractivity contribution < 1.29 is 23.8 Å². The molecule has 7 heteroatoms. The summed E-state index contributed by atoms with van der Waals surface area (Å²) < 4.78 is 24.1. The summed E-state index contributed by atoms with van der Waals surface area (Å²) in [7, 11) is 0. The van der Waals surface area contributed by atoms with E-state index in [1.165, 1.54) is 0 Å². The summed E-state index contributed by atoms with van der Waals surface area (Å²) >= 11 is 0. The smallest absolute Gasteiger partial charge is 0.356 e. The highest BCUT2D eigenvalue weighted by molar-refractivity contribution is 5.88. The number of carboxylic acid groups (broad SMARTS) is 1. The van der Waals surface area contributed by atoms with Crippen LogP contribution in [0.4, 0.5) is 8.78 Å². The fourth-order valence-corrected chi connectivity index (χ4v) is 0.859. The van der Waals surface area contributed by atoms with E-state index in [0.29, 0.717) is 6.20 Å². The van der Waals surface area contributed by atoms with Crippen LogP contribution in [0.25, 0.3) is 0 Å². The van der Waals surface area contributed by atoms with Crippen LogP contribution in [0, 0.1) is 0 Å². The zero-order valence-corrected chi connectivity index (χ0v) is 6.62. The summed E-state index contributed by atoms with van der Waals surface area (Å²) in [4.78, 5) is 23.2. The van der Waals surface area contributed by atoms with E-state index in [2.05, 4.69) is 0 Å². The van der Waals surface area contributed by atoms with Gasteiger partial charge in [0.1, 0.15) is 0 Å². The Morgan fingerprint density at radius 3 is 2.50 bits per heavy atom. The number of pyridine rings is 1. The molecule has 0 spiro atoms. The van der Waals surface area contributed by atoms with E-state index in [-0.39, 0.29) is 0 Å². The van der Waals surface area contributed by atoms with Gasteiger partial charge < -0.3 is 15.2 Å². The molecule has 0 fully saturated rings. The lowest BCUT2D eigenvalue weighted by molar-refractivity contribution is 0.0685. The number of hydrogen-bond acceptors (Lipinski definition) is 3. The number of alkyl halides is 2. The number of halogens is 2. The molecule has 0 radical (unpaired) electrons. The molecule has 0 saturated carbocycles. The first-order valence-electron chi connectivity index (χ1n) is 3.41. The fraction of sp³-hybridized carbons (Fsp3) is 0.143. The molecule has 0 amide bonds. The second-order valence-corrected chi connectivity index (χ2v) is 2.40. The van der Waals surface area contributed by atoms with Crippen LogP contribution in [-0.4, -0.2) is 21.2 Å². The Hall–Kier alpha value is -1.92. The number of carboxylic acids is 1. The van der Waals surface area contributed by atoms with Crippen LogP contribution < -0.4 is 5.43 Å². The zero-order valence-electron chi connectivity index (χ0n) is 6.62. The lowest BCUT2D eigenvalue weighted by atomic mass is 10.2. The van der Waals surface area contributed by atoms with Crippen molar-refractivity contribution in [3.05, 3.63) is 27.7 Å². The molecular weight excluding hydrogens is 200 g/mol. The Bertz CT molecular complexity index is 426. The van der Waals surface area contributed by atoms with E-state index in [4.69, 9.17) is 10.2 Å². The average Bonchev–Trinajstić information content (AvgIpc) is 2.08. The lowest BCUT2D eigenvalue weighted by Crippen LogP contribution is -2.14. The van der Waals surface area contributed by atoms with E-state index in [1.54, 1.807) is 0 Å². The lowest BCUT2D eigenvalue weighted by Gasteiger charge is -2.02. The van der Waals surface area contributed by atoms with Gasteiger partial charge in [-0.2, -0.15) is 0 Å². The molecule has 0 aliphatic heterocycles. The van der Waals surface area contributed by atoms with Crippen molar-refractivity contribution >= 4 is 5.97 Å². The van der Waals surface area contributed by atoms with Crippen molar-refractivity contribution in [3.63, 3.8) is 0 Å². The molecular formula is C7H5F2NO4. The van der Waals surface area contributed by atoms with Crippen molar-refractivity contribution in [2.45, 2.75) is 6.43 Å². The van der Waals surface area contributed by atoms with Gasteiger partial charge in [-0.25, -0.2) is 13.6 Å². The van der Waals surface area contributed by atoms with Crippen LogP contribution >= 0.6 is 0 Å². The SMILES string of the molecule is O=C(O)c1[nH]cc(C(F)F)c(=O)c1O. The number of aromatic nitrogens is 1. The highest BCUT2D eigenvalue weighted by Crippen LogP contribution is 2.17. The molecule has 0 aliphatic rings. The number of rotatable bonds is 2. The molecule has 5 nitrogen and oxygen atoms in total. The molecule has 0 unspecified atom stereocenters.